The van der Waals surface area contributed by atoms with Gasteiger partial charge in [0.2, 0.25) is 0 Å². The number of aromatic nitrogens is 1. The molecule has 25 heavy (non-hydrogen) atoms. The van der Waals surface area contributed by atoms with E-state index in [2.05, 4.69) is 54.8 Å². The highest BCUT2D eigenvalue weighted by atomic mass is 16.6. The molecule has 0 amide bonds. The fourth-order valence-electron chi connectivity index (χ4n) is 4.27. The van der Waals surface area contributed by atoms with Crippen molar-refractivity contribution >= 4 is 27.5 Å². The molecule has 1 aliphatic heterocycles. The monoisotopic (exact) mass is 328 g/mol. The minimum absolute atomic E-state index is 0.119. The van der Waals surface area contributed by atoms with Crippen LogP contribution in [-0.4, -0.2) is 9.49 Å². The molecular weight excluding hydrogens is 312 g/mol. The zero-order valence-corrected chi connectivity index (χ0v) is 14.0. The van der Waals surface area contributed by atoms with Crippen molar-refractivity contribution in [2.75, 3.05) is 0 Å². The zero-order valence-electron chi connectivity index (χ0n) is 14.0. The van der Waals surface area contributed by atoms with Gasteiger partial charge in [0, 0.05) is 28.3 Å². The van der Waals surface area contributed by atoms with Crippen molar-refractivity contribution in [2.24, 2.45) is 0 Å². The van der Waals surface area contributed by atoms with Gasteiger partial charge in [-0.1, -0.05) is 50.2 Å². The smallest absolute Gasteiger partial charge is 0.270 e. The standard InChI is InChI=1S/C21H16N2O2/c1-21(2)16-7-3-4-9-19(16)22-18-11-10-13(23(24)25)12-15(18)14-6-5-8-17(21)20(14)22/h3-12H,1-2H3. The lowest BCUT2D eigenvalue weighted by Crippen LogP contribution is -2.26. The fourth-order valence-corrected chi connectivity index (χ4v) is 4.27. The fraction of sp³-hybridized carbons (Fsp3) is 0.143. The molecule has 4 nitrogen and oxygen atoms in total. The summed E-state index contributed by atoms with van der Waals surface area (Å²) in [6, 6.07) is 19.9. The molecular formula is C21H16N2O2. The van der Waals surface area contributed by atoms with Crippen LogP contribution in [0, 0.1) is 10.1 Å². The Morgan fingerprint density at radius 1 is 0.920 bits per heavy atom. The van der Waals surface area contributed by atoms with Gasteiger partial charge in [0.15, 0.2) is 0 Å². The van der Waals surface area contributed by atoms with Crippen LogP contribution in [-0.2, 0) is 5.41 Å². The molecule has 0 atom stereocenters. The number of non-ortho nitro benzene ring substituents is 1. The number of nitro groups is 1. The summed E-state index contributed by atoms with van der Waals surface area (Å²) in [6.07, 6.45) is 0. The van der Waals surface area contributed by atoms with Crippen LogP contribution >= 0.6 is 0 Å². The van der Waals surface area contributed by atoms with Crippen molar-refractivity contribution in [2.45, 2.75) is 19.3 Å². The van der Waals surface area contributed by atoms with Gasteiger partial charge in [-0.3, -0.25) is 10.1 Å². The summed E-state index contributed by atoms with van der Waals surface area (Å²) in [5.41, 5.74) is 5.85. The molecule has 2 heterocycles. The molecule has 4 aromatic rings. The first-order valence-electron chi connectivity index (χ1n) is 8.32. The molecule has 122 valence electrons. The molecule has 0 bridgehead atoms. The SMILES string of the molecule is CC1(C)c2ccccc2-n2c3ccc([N+](=O)[O-])cc3c3cccc1c32. The summed E-state index contributed by atoms with van der Waals surface area (Å²) in [5, 5.41) is 13.2. The van der Waals surface area contributed by atoms with E-state index in [1.807, 2.05) is 12.1 Å². The van der Waals surface area contributed by atoms with Gasteiger partial charge in [-0.15, -0.1) is 0 Å². The van der Waals surface area contributed by atoms with Gasteiger partial charge >= 0.3 is 0 Å². The lowest BCUT2D eigenvalue weighted by Gasteiger charge is -2.34. The van der Waals surface area contributed by atoms with Crippen LogP contribution < -0.4 is 0 Å². The molecule has 1 aromatic heterocycles. The number of hydrogen-bond acceptors (Lipinski definition) is 2. The molecule has 0 saturated carbocycles. The molecule has 0 radical (unpaired) electrons. The summed E-state index contributed by atoms with van der Waals surface area (Å²) < 4.78 is 2.25. The van der Waals surface area contributed by atoms with Crippen molar-refractivity contribution in [3.8, 4) is 5.69 Å². The highest BCUT2D eigenvalue weighted by Gasteiger charge is 2.34. The Bertz CT molecular complexity index is 1200. The number of para-hydroxylation sites is 2. The summed E-state index contributed by atoms with van der Waals surface area (Å²) >= 11 is 0. The predicted octanol–water partition coefficient (Wildman–Crippen LogP) is 5.33. The highest BCUT2D eigenvalue weighted by Crippen LogP contribution is 2.47. The predicted molar refractivity (Wildman–Crippen MR) is 99.6 cm³/mol. The maximum absolute atomic E-state index is 11.2. The van der Waals surface area contributed by atoms with Gasteiger partial charge in [-0.25, -0.2) is 0 Å². The highest BCUT2D eigenvalue weighted by molar-refractivity contribution is 6.12. The van der Waals surface area contributed by atoms with Crippen LogP contribution in [0.25, 0.3) is 27.5 Å². The van der Waals surface area contributed by atoms with E-state index in [4.69, 9.17) is 0 Å². The van der Waals surface area contributed by atoms with Gasteiger partial charge in [0.1, 0.15) is 0 Å². The quantitative estimate of drug-likeness (QED) is 0.350. The summed E-state index contributed by atoms with van der Waals surface area (Å²) in [6.45, 7) is 4.48. The van der Waals surface area contributed by atoms with E-state index in [9.17, 15) is 10.1 Å². The lowest BCUT2D eigenvalue weighted by molar-refractivity contribution is -0.384. The zero-order chi connectivity index (χ0) is 17.3. The number of hydrogen-bond donors (Lipinski definition) is 0. The van der Waals surface area contributed by atoms with Crippen LogP contribution in [0.1, 0.15) is 25.0 Å². The van der Waals surface area contributed by atoms with E-state index in [0.717, 1.165) is 27.5 Å². The molecule has 1 aliphatic rings. The normalized spacial score (nSPS) is 14.6. The van der Waals surface area contributed by atoms with Gasteiger partial charge in [-0.05, 0) is 23.3 Å². The minimum Gasteiger partial charge on any atom is -0.309 e. The Labute approximate surface area is 144 Å². The van der Waals surface area contributed by atoms with Crippen molar-refractivity contribution in [3.05, 3.63) is 81.9 Å². The molecule has 0 unspecified atom stereocenters. The third-order valence-electron chi connectivity index (χ3n) is 5.47. The van der Waals surface area contributed by atoms with Crippen molar-refractivity contribution in [1.29, 1.82) is 0 Å². The molecule has 3 aromatic carbocycles. The second-order valence-corrected chi connectivity index (χ2v) is 7.14. The average molecular weight is 328 g/mol. The Hall–Kier alpha value is -3.14. The third kappa shape index (κ3) is 1.66. The number of rotatable bonds is 1. The van der Waals surface area contributed by atoms with Gasteiger partial charge < -0.3 is 4.57 Å². The molecule has 4 heteroatoms. The van der Waals surface area contributed by atoms with E-state index in [-0.39, 0.29) is 16.0 Å². The summed E-state index contributed by atoms with van der Waals surface area (Å²) in [7, 11) is 0. The van der Waals surface area contributed by atoms with Gasteiger partial charge in [-0.2, -0.15) is 0 Å². The van der Waals surface area contributed by atoms with E-state index in [0.29, 0.717) is 0 Å². The largest absolute Gasteiger partial charge is 0.309 e. The molecule has 0 N–H and O–H groups in total. The second-order valence-electron chi connectivity index (χ2n) is 7.14. The number of nitrogens with zero attached hydrogens (tertiary/aromatic N) is 2. The summed E-state index contributed by atoms with van der Waals surface area (Å²) in [5.74, 6) is 0. The molecule has 5 rings (SSSR count). The van der Waals surface area contributed by atoms with Crippen LogP contribution in [0.5, 0.6) is 0 Å². The van der Waals surface area contributed by atoms with Crippen LogP contribution in [0.2, 0.25) is 0 Å². The first-order chi connectivity index (χ1) is 12.0. The van der Waals surface area contributed by atoms with Crippen LogP contribution in [0.15, 0.2) is 60.7 Å². The van der Waals surface area contributed by atoms with Crippen LogP contribution in [0.4, 0.5) is 5.69 Å². The Morgan fingerprint density at radius 3 is 2.48 bits per heavy atom. The average Bonchev–Trinajstić information content (AvgIpc) is 2.94. The Kier molecular flexibility index (Phi) is 2.55. The molecule has 0 spiro atoms. The summed E-state index contributed by atoms with van der Waals surface area (Å²) in [4.78, 5) is 10.9. The van der Waals surface area contributed by atoms with E-state index in [1.165, 1.54) is 11.1 Å². The minimum atomic E-state index is -0.329. The van der Waals surface area contributed by atoms with Crippen molar-refractivity contribution in [1.82, 2.24) is 4.57 Å². The maximum atomic E-state index is 11.2. The lowest BCUT2D eigenvalue weighted by atomic mass is 9.75. The Balaban J connectivity index is 2.06. The van der Waals surface area contributed by atoms with Crippen LogP contribution in [0.3, 0.4) is 0 Å². The van der Waals surface area contributed by atoms with E-state index >= 15 is 0 Å². The van der Waals surface area contributed by atoms with E-state index < -0.39 is 0 Å². The first-order valence-corrected chi connectivity index (χ1v) is 8.32. The number of nitro benzene ring substituents is 1. The second kappa shape index (κ2) is 4.48. The molecule has 0 saturated heterocycles. The van der Waals surface area contributed by atoms with Gasteiger partial charge in [0.25, 0.3) is 5.69 Å². The van der Waals surface area contributed by atoms with Crippen molar-refractivity contribution < 1.29 is 4.92 Å². The Morgan fingerprint density at radius 2 is 1.68 bits per heavy atom. The topological polar surface area (TPSA) is 48.1 Å². The van der Waals surface area contributed by atoms with E-state index in [1.54, 1.807) is 12.1 Å². The molecule has 0 aliphatic carbocycles. The van der Waals surface area contributed by atoms with Gasteiger partial charge in [0.05, 0.1) is 21.6 Å². The number of fused-ring (bicyclic) bond motifs is 5. The third-order valence-corrected chi connectivity index (χ3v) is 5.47. The number of benzene rings is 3. The first kappa shape index (κ1) is 14.2. The maximum Gasteiger partial charge on any atom is 0.270 e. The molecule has 0 fully saturated rings. The van der Waals surface area contributed by atoms with Crippen molar-refractivity contribution in [3.63, 3.8) is 0 Å².